The van der Waals surface area contributed by atoms with Crippen LogP contribution in [0.3, 0.4) is 0 Å². The summed E-state index contributed by atoms with van der Waals surface area (Å²) in [5.74, 6) is -0.650. The number of benzene rings is 3. The molecule has 1 atom stereocenters. The van der Waals surface area contributed by atoms with Gasteiger partial charge in [-0.1, -0.05) is 91.0 Å². The Hall–Kier alpha value is -3.09. The summed E-state index contributed by atoms with van der Waals surface area (Å²) in [6, 6.07) is 29.8. The van der Waals surface area contributed by atoms with Crippen molar-refractivity contribution < 1.29 is 9.59 Å². The highest BCUT2D eigenvalue weighted by molar-refractivity contribution is 8.00. The summed E-state index contributed by atoms with van der Waals surface area (Å²) >= 11 is 1.60. The summed E-state index contributed by atoms with van der Waals surface area (Å²) in [5, 5.41) is 2.49. The Bertz CT molecular complexity index is 869. The lowest BCUT2D eigenvalue weighted by atomic mass is 9.84. The van der Waals surface area contributed by atoms with Crippen LogP contribution in [0.2, 0.25) is 0 Å². The number of hydrogen-bond donors (Lipinski definition) is 3. The van der Waals surface area contributed by atoms with Gasteiger partial charge < -0.3 is 16.8 Å². The van der Waals surface area contributed by atoms with Gasteiger partial charge in [-0.2, -0.15) is 0 Å². The van der Waals surface area contributed by atoms with Gasteiger partial charge in [-0.15, -0.1) is 11.8 Å². The standard InChI is InChI=1S/C24H25N3O2S/c25-21(23(29)27-16-22(26)28)17-30-24(18-10-4-1-5-11-18,19-12-6-2-7-13-19)20-14-8-3-9-15-20/h1-15,21H,16-17,25H2,(H2,26,28)(H,27,29)/t21-/m0/s1. The van der Waals surface area contributed by atoms with Crippen LogP contribution in [0.1, 0.15) is 16.7 Å². The fourth-order valence-corrected chi connectivity index (χ4v) is 4.85. The van der Waals surface area contributed by atoms with Crippen molar-refractivity contribution >= 4 is 23.6 Å². The maximum absolute atomic E-state index is 12.3. The number of nitrogens with two attached hydrogens (primary N) is 2. The highest BCUT2D eigenvalue weighted by atomic mass is 32.2. The Morgan fingerprint density at radius 1 is 0.800 bits per heavy atom. The van der Waals surface area contributed by atoms with Gasteiger partial charge in [-0.05, 0) is 16.7 Å². The first-order valence-electron chi connectivity index (χ1n) is 9.66. The highest BCUT2D eigenvalue weighted by Gasteiger charge is 2.37. The molecule has 0 fully saturated rings. The van der Waals surface area contributed by atoms with Crippen molar-refractivity contribution in [1.82, 2.24) is 5.32 Å². The van der Waals surface area contributed by atoms with Crippen molar-refractivity contribution in [3.8, 4) is 0 Å². The lowest BCUT2D eigenvalue weighted by Crippen LogP contribution is -2.45. The van der Waals surface area contributed by atoms with Gasteiger partial charge in [-0.3, -0.25) is 9.59 Å². The summed E-state index contributed by atoms with van der Waals surface area (Å²) < 4.78 is -0.550. The fraction of sp³-hybridized carbons (Fsp3) is 0.167. The second kappa shape index (κ2) is 10.1. The predicted molar refractivity (Wildman–Crippen MR) is 122 cm³/mol. The second-order valence-corrected chi connectivity index (χ2v) is 8.12. The normalized spacial score (nSPS) is 12.2. The number of primary amides is 1. The van der Waals surface area contributed by atoms with E-state index in [0.29, 0.717) is 5.75 Å². The number of thioether (sulfide) groups is 1. The van der Waals surface area contributed by atoms with Crippen molar-refractivity contribution in [1.29, 1.82) is 0 Å². The average molecular weight is 420 g/mol. The predicted octanol–water partition coefficient (Wildman–Crippen LogP) is 2.64. The van der Waals surface area contributed by atoms with Gasteiger partial charge >= 0.3 is 0 Å². The van der Waals surface area contributed by atoms with Gasteiger partial charge in [0, 0.05) is 5.75 Å². The van der Waals surface area contributed by atoms with E-state index in [2.05, 4.69) is 41.7 Å². The first kappa shape index (κ1) is 21.6. The van der Waals surface area contributed by atoms with Gasteiger partial charge in [-0.25, -0.2) is 0 Å². The number of amides is 2. The number of carbonyl (C=O) groups is 2. The molecule has 30 heavy (non-hydrogen) atoms. The summed E-state index contributed by atoms with van der Waals surface area (Å²) in [4.78, 5) is 23.3. The first-order valence-corrected chi connectivity index (χ1v) is 10.6. The van der Waals surface area contributed by atoms with Crippen LogP contribution >= 0.6 is 11.8 Å². The van der Waals surface area contributed by atoms with E-state index in [1.807, 2.05) is 54.6 Å². The molecule has 2 amide bonds. The number of rotatable bonds is 9. The zero-order valence-electron chi connectivity index (χ0n) is 16.5. The van der Waals surface area contributed by atoms with Gasteiger partial charge in [0.25, 0.3) is 0 Å². The summed E-state index contributed by atoms with van der Waals surface area (Å²) in [6.45, 7) is -0.224. The zero-order valence-corrected chi connectivity index (χ0v) is 17.3. The molecule has 0 bridgehead atoms. The third-order valence-electron chi connectivity index (χ3n) is 4.79. The van der Waals surface area contributed by atoms with Gasteiger partial charge in [0.05, 0.1) is 17.3 Å². The van der Waals surface area contributed by atoms with Crippen LogP contribution in [0.15, 0.2) is 91.0 Å². The topological polar surface area (TPSA) is 98.2 Å². The Balaban J connectivity index is 2.01. The molecule has 0 aliphatic carbocycles. The van der Waals surface area contributed by atoms with Crippen molar-refractivity contribution in [3.63, 3.8) is 0 Å². The SMILES string of the molecule is NC(=O)CNC(=O)[C@@H](N)CSC(c1ccccc1)(c1ccccc1)c1ccccc1. The molecule has 5 N–H and O–H groups in total. The van der Waals surface area contributed by atoms with Crippen molar-refractivity contribution in [2.45, 2.75) is 10.8 Å². The van der Waals surface area contributed by atoms with Gasteiger partial charge in [0.15, 0.2) is 0 Å². The molecule has 0 aliphatic rings. The van der Waals surface area contributed by atoms with Crippen molar-refractivity contribution in [2.75, 3.05) is 12.3 Å². The summed E-state index contributed by atoms with van der Waals surface area (Å²) in [7, 11) is 0. The molecular formula is C24H25N3O2S. The molecule has 0 saturated heterocycles. The third-order valence-corrected chi connectivity index (χ3v) is 6.46. The lowest BCUT2D eigenvalue weighted by molar-refractivity contribution is -0.125. The smallest absolute Gasteiger partial charge is 0.238 e. The molecule has 3 aromatic rings. The monoisotopic (exact) mass is 419 g/mol. The quantitative estimate of drug-likeness (QED) is 0.465. The maximum atomic E-state index is 12.3. The number of nitrogens with one attached hydrogen (secondary N) is 1. The van der Waals surface area contributed by atoms with E-state index in [9.17, 15) is 9.59 Å². The zero-order chi connectivity index (χ0) is 21.4. The molecule has 0 heterocycles. The molecule has 0 unspecified atom stereocenters. The molecule has 3 aromatic carbocycles. The second-order valence-electron chi connectivity index (χ2n) is 6.88. The highest BCUT2D eigenvalue weighted by Crippen LogP contribution is 2.48. The minimum absolute atomic E-state index is 0.224. The van der Waals surface area contributed by atoms with Crippen LogP contribution < -0.4 is 16.8 Å². The van der Waals surface area contributed by atoms with Crippen molar-refractivity contribution in [2.24, 2.45) is 11.5 Å². The van der Waals surface area contributed by atoms with Crippen LogP contribution in [0.4, 0.5) is 0 Å². The molecule has 3 rings (SSSR count). The molecule has 6 heteroatoms. The maximum Gasteiger partial charge on any atom is 0.238 e. The molecular weight excluding hydrogens is 394 g/mol. The third kappa shape index (κ3) is 4.90. The van der Waals surface area contributed by atoms with E-state index in [-0.39, 0.29) is 6.54 Å². The average Bonchev–Trinajstić information content (AvgIpc) is 2.80. The van der Waals surface area contributed by atoms with E-state index in [4.69, 9.17) is 11.5 Å². The number of carbonyl (C=O) groups excluding carboxylic acids is 2. The minimum Gasteiger partial charge on any atom is -0.368 e. The first-order chi connectivity index (χ1) is 14.5. The largest absolute Gasteiger partial charge is 0.368 e. The Labute approximate surface area is 180 Å². The summed E-state index contributed by atoms with van der Waals surface area (Å²) in [5.41, 5.74) is 14.6. The molecule has 0 aromatic heterocycles. The van der Waals surface area contributed by atoms with Crippen LogP contribution in [-0.4, -0.2) is 30.2 Å². The molecule has 0 radical (unpaired) electrons. The van der Waals surface area contributed by atoms with Gasteiger partial charge in [0.1, 0.15) is 0 Å². The van der Waals surface area contributed by atoms with E-state index < -0.39 is 22.6 Å². The Morgan fingerprint density at radius 3 is 1.57 bits per heavy atom. The van der Waals surface area contributed by atoms with Crippen LogP contribution in [0.5, 0.6) is 0 Å². The molecule has 5 nitrogen and oxygen atoms in total. The summed E-state index contributed by atoms with van der Waals surface area (Å²) in [6.07, 6.45) is 0. The Kier molecular flexibility index (Phi) is 7.27. The van der Waals surface area contributed by atoms with E-state index in [1.165, 1.54) is 0 Å². The van der Waals surface area contributed by atoms with E-state index >= 15 is 0 Å². The van der Waals surface area contributed by atoms with E-state index in [1.54, 1.807) is 11.8 Å². The van der Waals surface area contributed by atoms with E-state index in [0.717, 1.165) is 16.7 Å². The van der Waals surface area contributed by atoms with Crippen LogP contribution in [0, 0.1) is 0 Å². The minimum atomic E-state index is -0.787. The van der Waals surface area contributed by atoms with Crippen molar-refractivity contribution in [3.05, 3.63) is 108 Å². The lowest BCUT2D eigenvalue weighted by Gasteiger charge is -2.36. The molecule has 154 valence electrons. The fourth-order valence-electron chi connectivity index (χ4n) is 3.36. The van der Waals surface area contributed by atoms with Gasteiger partial charge in [0.2, 0.25) is 11.8 Å². The van der Waals surface area contributed by atoms with Crippen LogP contribution in [0.25, 0.3) is 0 Å². The molecule has 0 spiro atoms. The molecule has 0 aliphatic heterocycles. The molecule has 0 saturated carbocycles. The Morgan fingerprint density at radius 2 is 1.20 bits per heavy atom. The van der Waals surface area contributed by atoms with Crippen LogP contribution in [-0.2, 0) is 14.3 Å². The number of hydrogen-bond acceptors (Lipinski definition) is 4.